The summed E-state index contributed by atoms with van der Waals surface area (Å²) in [6.07, 6.45) is 0. The molecule has 0 unspecified atom stereocenters. The lowest BCUT2D eigenvalue weighted by molar-refractivity contribution is -0.0771. The van der Waals surface area contributed by atoms with Gasteiger partial charge in [0.1, 0.15) is 5.75 Å². The predicted molar refractivity (Wildman–Crippen MR) is 61.9 cm³/mol. The molecule has 7 heteroatoms. The van der Waals surface area contributed by atoms with Gasteiger partial charge in [-0.1, -0.05) is 11.6 Å². The second kappa shape index (κ2) is 5.97. The van der Waals surface area contributed by atoms with Crippen LogP contribution in [0.5, 0.6) is 5.75 Å². The Morgan fingerprint density at radius 2 is 2.06 bits per heavy atom. The van der Waals surface area contributed by atoms with E-state index in [1.807, 2.05) is 0 Å². The predicted octanol–water partition coefficient (Wildman–Crippen LogP) is 2.88. The normalized spacial score (nSPS) is 10.6. The van der Waals surface area contributed by atoms with Crippen molar-refractivity contribution in [2.75, 3.05) is 14.2 Å². The average Bonchev–Trinajstić information content (AvgIpc) is 2.29. The van der Waals surface area contributed by atoms with Crippen LogP contribution in [-0.2, 0) is 4.84 Å². The highest BCUT2D eigenvalue weighted by Crippen LogP contribution is 2.30. The Morgan fingerprint density at radius 1 is 1.44 bits per heavy atom. The molecule has 0 bridgehead atoms. The molecule has 0 spiro atoms. The summed E-state index contributed by atoms with van der Waals surface area (Å²) < 4.78 is 29.0. The number of carbonyl (C=O) groups excluding carboxylic acids is 1. The summed E-state index contributed by atoms with van der Waals surface area (Å²) >= 11 is 5.80. The highest BCUT2D eigenvalue weighted by atomic mass is 35.5. The molecule has 0 saturated heterocycles. The van der Waals surface area contributed by atoms with E-state index in [1.165, 1.54) is 33.2 Å². The quantitative estimate of drug-likeness (QED) is 0.796. The second-order valence-corrected chi connectivity index (χ2v) is 3.90. The molecule has 1 rings (SSSR count). The zero-order valence-electron chi connectivity index (χ0n) is 10.0. The summed E-state index contributed by atoms with van der Waals surface area (Å²) in [4.78, 5) is 16.6. The first kappa shape index (κ1) is 14.7. The number of nitrogens with zero attached hydrogens (tertiary/aromatic N) is 1. The third-order valence-corrected chi connectivity index (χ3v) is 2.45. The fraction of sp³-hybridized carbons (Fsp3) is 0.364. The van der Waals surface area contributed by atoms with Gasteiger partial charge in [0.2, 0.25) is 0 Å². The first-order valence-corrected chi connectivity index (χ1v) is 5.31. The molecule has 0 saturated carbocycles. The SMILES string of the molecule is CON(C)C(=O)c1cc(Cl)cc(C)c1OC(F)F. The van der Waals surface area contributed by atoms with E-state index < -0.39 is 12.5 Å². The number of benzene rings is 1. The highest BCUT2D eigenvalue weighted by molar-refractivity contribution is 6.31. The van der Waals surface area contributed by atoms with E-state index in [-0.39, 0.29) is 16.3 Å². The molecule has 0 fully saturated rings. The van der Waals surface area contributed by atoms with Crippen LogP contribution in [0.3, 0.4) is 0 Å². The minimum Gasteiger partial charge on any atom is -0.434 e. The lowest BCUT2D eigenvalue weighted by atomic mass is 10.1. The maximum Gasteiger partial charge on any atom is 0.387 e. The van der Waals surface area contributed by atoms with Gasteiger partial charge in [-0.2, -0.15) is 8.78 Å². The van der Waals surface area contributed by atoms with Gasteiger partial charge in [0.15, 0.2) is 0 Å². The van der Waals surface area contributed by atoms with Crippen LogP contribution in [0.4, 0.5) is 8.78 Å². The first-order valence-electron chi connectivity index (χ1n) is 4.94. The van der Waals surface area contributed by atoms with Crippen molar-refractivity contribution in [2.45, 2.75) is 13.5 Å². The Kier molecular flexibility index (Phi) is 4.86. The molecule has 4 nitrogen and oxygen atoms in total. The number of hydrogen-bond donors (Lipinski definition) is 0. The molecule has 0 aliphatic rings. The third kappa shape index (κ3) is 3.30. The highest BCUT2D eigenvalue weighted by Gasteiger charge is 2.21. The maximum atomic E-state index is 12.3. The number of amides is 1. The Labute approximate surface area is 108 Å². The molecule has 0 radical (unpaired) electrons. The number of hydroxylamine groups is 2. The van der Waals surface area contributed by atoms with E-state index in [1.54, 1.807) is 0 Å². The average molecular weight is 280 g/mol. The van der Waals surface area contributed by atoms with Crippen LogP contribution in [0.1, 0.15) is 15.9 Å². The molecule has 0 aromatic heterocycles. The molecule has 0 N–H and O–H groups in total. The Morgan fingerprint density at radius 3 is 2.56 bits per heavy atom. The van der Waals surface area contributed by atoms with Crippen molar-refractivity contribution in [3.05, 3.63) is 28.3 Å². The van der Waals surface area contributed by atoms with Crippen molar-refractivity contribution in [1.82, 2.24) is 5.06 Å². The lowest BCUT2D eigenvalue weighted by Crippen LogP contribution is -2.26. The lowest BCUT2D eigenvalue weighted by Gasteiger charge is -2.18. The van der Waals surface area contributed by atoms with Crippen LogP contribution in [-0.4, -0.2) is 31.7 Å². The fourth-order valence-corrected chi connectivity index (χ4v) is 1.66. The second-order valence-electron chi connectivity index (χ2n) is 3.46. The van der Waals surface area contributed by atoms with Gasteiger partial charge in [0, 0.05) is 12.1 Å². The number of rotatable bonds is 4. The van der Waals surface area contributed by atoms with Crippen LogP contribution >= 0.6 is 11.6 Å². The molecule has 18 heavy (non-hydrogen) atoms. The number of aryl methyl sites for hydroxylation is 1. The summed E-state index contributed by atoms with van der Waals surface area (Å²) in [6, 6.07) is 2.69. The van der Waals surface area contributed by atoms with Gasteiger partial charge in [-0.05, 0) is 24.6 Å². The van der Waals surface area contributed by atoms with Crippen molar-refractivity contribution in [3.8, 4) is 5.75 Å². The van der Waals surface area contributed by atoms with Crippen molar-refractivity contribution >= 4 is 17.5 Å². The molecule has 1 aromatic rings. The summed E-state index contributed by atoms with van der Waals surface area (Å²) in [5, 5.41) is 1.14. The molecule has 0 aliphatic carbocycles. The molecule has 100 valence electrons. The van der Waals surface area contributed by atoms with Gasteiger partial charge in [-0.25, -0.2) is 5.06 Å². The Hall–Kier alpha value is -1.40. The van der Waals surface area contributed by atoms with Gasteiger partial charge in [0.25, 0.3) is 5.91 Å². The molecular weight excluding hydrogens is 268 g/mol. The van der Waals surface area contributed by atoms with Crippen molar-refractivity contribution in [3.63, 3.8) is 0 Å². The maximum absolute atomic E-state index is 12.3. The Balaban J connectivity index is 3.27. The number of alkyl halides is 2. The molecule has 1 aromatic carbocycles. The molecule has 0 atom stereocenters. The standard InChI is InChI=1S/C11H12ClF2NO3/c1-6-4-7(12)5-8(9(6)18-11(13)14)10(16)15(2)17-3/h4-5,11H,1-3H3. The minimum absolute atomic E-state index is 0.0790. The molecule has 0 aliphatic heterocycles. The van der Waals surface area contributed by atoms with Crippen LogP contribution in [0.15, 0.2) is 12.1 Å². The monoisotopic (exact) mass is 279 g/mol. The van der Waals surface area contributed by atoms with E-state index in [4.69, 9.17) is 16.4 Å². The van der Waals surface area contributed by atoms with Gasteiger partial charge < -0.3 is 4.74 Å². The van der Waals surface area contributed by atoms with E-state index >= 15 is 0 Å². The summed E-state index contributed by atoms with van der Waals surface area (Å²) in [5.74, 6) is -0.831. The Bertz CT molecular complexity index is 454. The van der Waals surface area contributed by atoms with Crippen molar-refractivity contribution in [1.29, 1.82) is 0 Å². The summed E-state index contributed by atoms with van der Waals surface area (Å²) in [7, 11) is 2.63. The number of hydrogen-bond acceptors (Lipinski definition) is 3. The zero-order chi connectivity index (χ0) is 13.9. The topological polar surface area (TPSA) is 38.8 Å². The van der Waals surface area contributed by atoms with Crippen molar-refractivity contribution < 1.29 is 23.1 Å². The number of ether oxygens (including phenoxy) is 1. The van der Waals surface area contributed by atoms with Gasteiger partial charge in [-0.15, -0.1) is 0 Å². The van der Waals surface area contributed by atoms with Crippen molar-refractivity contribution in [2.24, 2.45) is 0 Å². The summed E-state index contributed by atoms with van der Waals surface area (Å²) in [5.41, 5.74) is 0.264. The van der Waals surface area contributed by atoms with Crippen LogP contribution in [0.2, 0.25) is 5.02 Å². The van der Waals surface area contributed by atoms with Crippen LogP contribution < -0.4 is 4.74 Å². The molecular formula is C11H12ClF2NO3. The van der Waals surface area contributed by atoms with Crippen LogP contribution in [0, 0.1) is 6.92 Å². The van der Waals surface area contributed by atoms with E-state index in [0.717, 1.165) is 5.06 Å². The first-order chi connectivity index (χ1) is 8.36. The van der Waals surface area contributed by atoms with Gasteiger partial charge in [0.05, 0.1) is 12.7 Å². The zero-order valence-corrected chi connectivity index (χ0v) is 10.8. The van der Waals surface area contributed by atoms with Gasteiger partial charge in [-0.3, -0.25) is 9.63 Å². The van der Waals surface area contributed by atoms with Crippen LogP contribution in [0.25, 0.3) is 0 Å². The van der Waals surface area contributed by atoms with E-state index in [0.29, 0.717) is 5.56 Å². The largest absolute Gasteiger partial charge is 0.434 e. The number of halogens is 3. The number of carbonyl (C=O) groups is 1. The molecule has 1 amide bonds. The third-order valence-electron chi connectivity index (χ3n) is 2.24. The smallest absolute Gasteiger partial charge is 0.387 e. The minimum atomic E-state index is -3.02. The summed E-state index contributed by atoms with van der Waals surface area (Å²) in [6.45, 7) is -1.50. The molecule has 0 heterocycles. The van der Waals surface area contributed by atoms with E-state index in [2.05, 4.69) is 4.74 Å². The van der Waals surface area contributed by atoms with Gasteiger partial charge >= 0.3 is 6.61 Å². The fourth-order valence-electron chi connectivity index (χ4n) is 1.39. The van der Waals surface area contributed by atoms with E-state index in [9.17, 15) is 13.6 Å².